The Hall–Kier alpha value is -3.09. The minimum Gasteiger partial charge on any atom is -0.508 e. The van der Waals surface area contributed by atoms with Gasteiger partial charge >= 0.3 is 0 Å². The van der Waals surface area contributed by atoms with Gasteiger partial charge in [0.25, 0.3) is 0 Å². The summed E-state index contributed by atoms with van der Waals surface area (Å²) in [5.41, 5.74) is 1.26. The van der Waals surface area contributed by atoms with E-state index in [0.29, 0.717) is 0 Å². The molecule has 6 heteroatoms. The number of aromatic hydroxyl groups is 1. The first kappa shape index (κ1) is 25.0. The summed E-state index contributed by atoms with van der Waals surface area (Å²) in [4.78, 5) is 15.2. The lowest BCUT2D eigenvalue weighted by Crippen LogP contribution is -2.67. The number of fused-ring (bicyclic) bond motifs is 1. The van der Waals surface area contributed by atoms with Gasteiger partial charge in [-0.05, 0) is 73.7 Å². The first-order chi connectivity index (χ1) is 16.9. The van der Waals surface area contributed by atoms with Crippen molar-refractivity contribution in [3.8, 4) is 11.5 Å². The van der Waals surface area contributed by atoms with Crippen LogP contribution in [0, 0.1) is 0 Å². The van der Waals surface area contributed by atoms with Gasteiger partial charge in [-0.25, -0.2) is 0 Å². The zero-order valence-electron chi connectivity index (χ0n) is 20.7. The number of nitrogens with one attached hydrogen (secondary N) is 1. The van der Waals surface area contributed by atoms with Crippen LogP contribution in [0.25, 0.3) is 6.08 Å². The fraction of sp³-hybridized carbons (Fsp3) is 0.414. The molecular weight excluding hydrogens is 440 g/mol. The zero-order chi connectivity index (χ0) is 24.9. The average molecular weight is 477 g/mol. The third kappa shape index (κ3) is 5.14. The highest BCUT2D eigenvalue weighted by Crippen LogP contribution is 2.53. The second-order valence-electron chi connectivity index (χ2n) is 9.66. The van der Waals surface area contributed by atoms with Gasteiger partial charge in [0.2, 0.25) is 5.91 Å². The van der Waals surface area contributed by atoms with Crippen LogP contribution in [0.15, 0.2) is 67.3 Å². The molecular formula is C29H36N2O4. The highest BCUT2D eigenvalue weighted by Gasteiger charge is 2.58. The lowest BCUT2D eigenvalue weighted by atomic mass is 9.55. The van der Waals surface area contributed by atoms with Crippen LogP contribution in [-0.4, -0.2) is 61.4 Å². The van der Waals surface area contributed by atoms with Crippen molar-refractivity contribution in [2.24, 2.45) is 0 Å². The second kappa shape index (κ2) is 10.7. The molecule has 0 spiro atoms. The first-order valence-corrected chi connectivity index (χ1v) is 12.2. The minimum absolute atomic E-state index is 0.00837. The summed E-state index contributed by atoms with van der Waals surface area (Å²) in [6.45, 7) is 6.43. The smallest absolute Gasteiger partial charge is 0.244 e. The number of phenols is 1. The number of amides is 1. The third-order valence-corrected chi connectivity index (χ3v) is 7.74. The van der Waals surface area contributed by atoms with Crippen LogP contribution in [-0.2, 0) is 14.9 Å². The van der Waals surface area contributed by atoms with E-state index in [2.05, 4.69) is 22.9 Å². The van der Waals surface area contributed by atoms with Crippen LogP contribution < -0.4 is 10.1 Å². The molecule has 1 aliphatic heterocycles. The summed E-state index contributed by atoms with van der Waals surface area (Å²) in [7, 11) is 3.42. The van der Waals surface area contributed by atoms with E-state index in [1.54, 1.807) is 32.4 Å². The van der Waals surface area contributed by atoms with Crippen molar-refractivity contribution < 1.29 is 19.4 Å². The van der Waals surface area contributed by atoms with Gasteiger partial charge in [0, 0.05) is 37.7 Å². The number of benzene rings is 2. The van der Waals surface area contributed by atoms with E-state index in [1.807, 2.05) is 42.5 Å². The number of carbonyl (C=O) groups is 1. The summed E-state index contributed by atoms with van der Waals surface area (Å²) in [5.74, 6) is 0.896. The van der Waals surface area contributed by atoms with E-state index in [1.165, 1.54) is 0 Å². The van der Waals surface area contributed by atoms with Crippen LogP contribution in [0.1, 0.15) is 36.8 Å². The van der Waals surface area contributed by atoms with Crippen LogP contribution >= 0.6 is 0 Å². The molecule has 0 bridgehead atoms. The monoisotopic (exact) mass is 476 g/mol. The van der Waals surface area contributed by atoms with Gasteiger partial charge in [0.05, 0.1) is 12.7 Å². The van der Waals surface area contributed by atoms with Crippen molar-refractivity contribution in [1.29, 1.82) is 0 Å². The van der Waals surface area contributed by atoms with E-state index in [4.69, 9.17) is 9.47 Å². The predicted molar refractivity (Wildman–Crippen MR) is 139 cm³/mol. The van der Waals surface area contributed by atoms with E-state index in [9.17, 15) is 9.90 Å². The largest absolute Gasteiger partial charge is 0.508 e. The van der Waals surface area contributed by atoms with Gasteiger partial charge in [-0.1, -0.05) is 30.3 Å². The number of nitrogens with zero attached hydrogens (tertiary/aromatic N) is 1. The Balaban J connectivity index is 1.57. The predicted octanol–water partition coefficient (Wildman–Crippen LogP) is 4.30. The lowest BCUT2D eigenvalue weighted by Gasteiger charge is -2.59. The molecule has 4 rings (SSSR count). The molecule has 1 saturated heterocycles. The molecule has 35 heavy (non-hydrogen) atoms. The summed E-state index contributed by atoms with van der Waals surface area (Å²) in [5, 5.41) is 13.5. The Kier molecular flexibility index (Phi) is 7.63. The normalized spacial score (nSPS) is 26.7. The molecule has 0 aromatic heterocycles. The Morgan fingerprint density at radius 3 is 2.80 bits per heavy atom. The Morgan fingerprint density at radius 2 is 2.06 bits per heavy atom. The molecule has 6 nitrogen and oxygen atoms in total. The fourth-order valence-electron chi connectivity index (χ4n) is 6.02. The highest BCUT2D eigenvalue weighted by molar-refractivity contribution is 5.92. The molecule has 1 heterocycles. The molecule has 3 atom stereocenters. The second-order valence-corrected chi connectivity index (χ2v) is 9.66. The molecule has 2 N–H and O–H groups in total. The van der Waals surface area contributed by atoms with Gasteiger partial charge in [-0.15, -0.1) is 6.58 Å². The number of ether oxygens (including phenoxy) is 2. The highest BCUT2D eigenvalue weighted by atomic mass is 16.5. The molecule has 0 unspecified atom stereocenters. The summed E-state index contributed by atoms with van der Waals surface area (Å²) in [6.07, 6.45) is 8.60. The summed E-state index contributed by atoms with van der Waals surface area (Å²) >= 11 is 0. The first-order valence-electron chi connectivity index (χ1n) is 12.2. The van der Waals surface area contributed by atoms with Crippen molar-refractivity contribution in [2.45, 2.75) is 42.7 Å². The van der Waals surface area contributed by atoms with Crippen molar-refractivity contribution in [3.05, 3.63) is 78.4 Å². The molecule has 2 aliphatic rings. The van der Waals surface area contributed by atoms with Gasteiger partial charge in [0.15, 0.2) is 0 Å². The van der Waals surface area contributed by atoms with Crippen LogP contribution in [0.2, 0.25) is 0 Å². The maximum atomic E-state index is 12.9. The number of piperidine rings is 1. The molecule has 2 fully saturated rings. The van der Waals surface area contributed by atoms with Crippen molar-refractivity contribution in [1.82, 2.24) is 10.2 Å². The number of phenolic OH excluding ortho intramolecular Hbond substituents is 1. The van der Waals surface area contributed by atoms with Crippen molar-refractivity contribution in [2.75, 3.05) is 33.9 Å². The summed E-state index contributed by atoms with van der Waals surface area (Å²) < 4.78 is 11.6. The SMILES string of the molecule is C=CCN1CC[C@@]2(c3cccc(O)c3)C[C@@H](NC(=O)C=Cc3cccc(OC)c3)CC[C@]2(OC)C1. The number of likely N-dealkylation sites (tertiary alicyclic amines) is 1. The van der Waals surface area contributed by atoms with Crippen molar-refractivity contribution in [3.63, 3.8) is 0 Å². The van der Waals surface area contributed by atoms with Crippen LogP contribution in [0.5, 0.6) is 11.5 Å². The van der Waals surface area contributed by atoms with E-state index in [0.717, 1.165) is 62.2 Å². The summed E-state index contributed by atoms with van der Waals surface area (Å²) in [6, 6.07) is 15.2. The number of hydrogen-bond acceptors (Lipinski definition) is 5. The molecule has 1 amide bonds. The quantitative estimate of drug-likeness (QED) is 0.439. The molecule has 1 aliphatic carbocycles. The number of methoxy groups -OCH3 is 2. The number of carbonyl (C=O) groups excluding carboxylic acids is 1. The topological polar surface area (TPSA) is 71.0 Å². The lowest BCUT2D eigenvalue weighted by molar-refractivity contribution is -0.148. The Morgan fingerprint density at radius 1 is 1.23 bits per heavy atom. The molecule has 2 aromatic rings. The van der Waals surface area contributed by atoms with Gasteiger partial charge in [-0.3, -0.25) is 9.69 Å². The third-order valence-electron chi connectivity index (χ3n) is 7.74. The Labute approximate surface area is 208 Å². The van der Waals surface area contributed by atoms with E-state index < -0.39 is 5.60 Å². The zero-order valence-corrected chi connectivity index (χ0v) is 20.7. The molecule has 2 aromatic carbocycles. The maximum Gasteiger partial charge on any atom is 0.244 e. The van der Waals surface area contributed by atoms with Crippen LogP contribution in [0.3, 0.4) is 0 Å². The standard InChI is InChI=1S/C29H36N2O4/c1-4-16-31-17-15-28(23-8-6-9-25(32)19-23)20-24(13-14-29(28,21-31)35-3)30-27(33)12-11-22-7-5-10-26(18-22)34-2/h4-12,18-19,24,32H,1,13-17,20-21H2,2-3H3,(H,30,33)/t24-,28-,29-/m0/s1. The molecule has 1 saturated carbocycles. The van der Waals surface area contributed by atoms with E-state index >= 15 is 0 Å². The Bertz CT molecular complexity index is 1080. The van der Waals surface area contributed by atoms with Gasteiger partial charge in [-0.2, -0.15) is 0 Å². The molecule has 0 radical (unpaired) electrons. The average Bonchev–Trinajstić information content (AvgIpc) is 2.88. The number of rotatable bonds is 8. The number of hydrogen-bond donors (Lipinski definition) is 2. The fourth-order valence-corrected chi connectivity index (χ4v) is 6.02. The maximum absolute atomic E-state index is 12.9. The van der Waals surface area contributed by atoms with E-state index in [-0.39, 0.29) is 23.1 Å². The molecule has 186 valence electrons. The van der Waals surface area contributed by atoms with Crippen LogP contribution in [0.4, 0.5) is 0 Å². The minimum atomic E-state index is -0.403. The van der Waals surface area contributed by atoms with Gasteiger partial charge in [0.1, 0.15) is 11.5 Å². The van der Waals surface area contributed by atoms with Gasteiger partial charge < -0.3 is 19.9 Å². The van der Waals surface area contributed by atoms with Crippen molar-refractivity contribution >= 4 is 12.0 Å².